The summed E-state index contributed by atoms with van der Waals surface area (Å²) in [5.41, 5.74) is 1.67. The number of methoxy groups -OCH3 is 1. The van der Waals surface area contributed by atoms with Crippen LogP contribution in [0.3, 0.4) is 0 Å². The third-order valence-electron chi connectivity index (χ3n) is 3.00. The van der Waals surface area contributed by atoms with Crippen molar-refractivity contribution >= 4 is 34.7 Å². The summed E-state index contributed by atoms with van der Waals surface area (Å²) in [6.07, 6.45) is 1.54. The van der Waals surface area contributed by atoms with Crippen molar-refractivity contribution in [3.05, 3.63) is 59.8 Å². The third kappa shape index (κ3) is 4.08. The summed E-state index contributed by atoms with van der Waals surface area (Å²) in [4.78, 5) is 4.37. The molecule has 0 saturated carbocycles. The highest BCUT2D eigenvalue weighted by molar-refractivity contribution is 6.30. The van der Waals surface area contributed by atoms with E-state index in [9.17, 15) is 0 Å². The number of benzene rings is 2. The summed E-state index contributed by atoms with van der Waals surface area (Å²) >= 11 is 5.96. The minimum atomic E-state index is 0.391. The van der Waals surface area contributed by atoms with Gasteiger partial charge in [-0.15, -0.1) is 5.10 Å². The molecule has 0 radical (unpaired) electrons. The summed E-state index contributed by atoms with van der Waals surface area (Å²) in [6.45, 7) is 0. The monoisotopic (exact) mass is 327 g/mol. The van der Waals surface area contributed by atoms with Crippen LogP contribution < -0.4 is 15.4 Å². The van der Waals surface area contributed by atoms with Crippen LogP contribution in [0.15, 0.2) is 54.7 Å². The van der Waals surface area contributed by atoms with Gasteiger partial charge in [0, 0.05) is 16.4 Å². The number of hydrogen-bond donors (Lipinski definition) is 2. The Hall–Kier alpha value is -2.86. The maximum Gasteiger partial charge on any atom is 0.249 e. The van der Waals surface area contributed by atoms with Gasteiger partial charge in [-0.25, -0.2) is 0 Å². The molecule has 3 aromatic rings. The Morgan fingerprint density at radius 1 is 1.00 bits per heavy atom. The van der Waals surface area contributed by atoms with Gasteiger partial charge in [0.2, 0.25) is 5.95 Å². The molecule has 0 aliphatic carbocycles. The number of anilines is 4. The Balaban J connectivity index is 1.74. The van der Waals surface area contributed by atoms with Crippen LogP contribution in [0.5, 0.6) is 5.75 Å². The fourth-order valence-electron chi connectivity index (χ4n) is 1.93. The number of rotatable bonds is 5. The normalized spacial score (nSPS) is 10.2. The Labute approximate surface area is 138 Å². The molecule has 2 aromatic carbocycles. The van der Waals surface area contributed by atoms with Gasteiger partial charge in [-0.1, -0.05) is 17.7 Å². The Kier molecular flexibility index (Phi) is 4.54. The third-order valence-corrected chi connectivity index (χ3v) is 3.24. The van der Waals surface area contributed by atoms with E-state index in [1.165, 1.54) is 0 Å². The van der Waals surface area contributed by atoms with E-state index in [2.05, 4.69) is 25.8 Å². The molecule has 1 heterocycles. The lowest BCUT2D eigenvalue weighted by Crippen LogP contribution is -2.02. The van der Waals surface area contributed by atoms with Crippen molar-refractivity contribution in [2.75, 3.05) is 17.7 Å². The van der Waals surface area contributed by atoms with Crippen molar-refractivity contribution in [1.82, 2.24) is 15.2 Å². The lowest BCUT2D eigenvalue weighted by atomic mass is 10.3. The molecule has 116 valence electrons. The van der Waals surface area contributed by atoms with Crippen LogP contribution in [-0.4, -0.2) is 22.3 Å². The number of hydrogen-bond acceptors (Lipinski definition) is 6. The fraction of sp³-hybridized carbons (Fsp3) is 0.0625. The summed E-state index contributed by atoms with van der Waals surface area (Å²) in [5.74, 6) is 1.74. The molecule has 0 aliphatic heterocycles. The molecule has 0 amide bonds. The van der Waals surface area contributed by atoms with Crippen molar-refractivity contribution in [1.29, 1.82) is 0 Å². The van der Waals surface area contributed by atoms with E-state index in [-0.39, 0.29) is 0 Å². The predicted octanol–water partition coefficient (Wildman–Crippen LogP) is 4.02. The molecular weight excluding hydrogens is 314 g/mol. The van der Waals surface area contributed by atoms with E-state index in [0.29, 0.717) is 16.8 Å². The number of aromatic nitrogens is 3. The van der Waals surface area contributed by atoms with Crippen LogP contribution in [0.1, 0.15) is 0 Å². The zero-order valence-corrected chi connectivity index (χ0v) is 13.1. The summed E-state index contributed by atoms with van der Waals surface area (Å²) in [7, 11) is 1.63. The molecule has 23 heavy (non-hydrogen) atoms. The van der Waals surface area contributed by atoms with Crippen LogP contribution in [-0.2, 0) is 0 Å². The molecule has 0 bridgehead atoms. The second-order valence-corrected chi connectivity index (χ2v) is 5.09. The average Bonchev–Trinajstić information content (AvgIpc) is 2.56. The van der Waals surface area contributed by atoms with E-state index in [1.54, 1.807) is 19.4 Å². The average molecular weight is 328 g/mol. The zero-order valence-electron chi connectivity index (χ0n) is 12.3. The summed E-state index contributed by atoms with van der Waals surface area (Å²) < 4.78 is 5.12. The molecule has 6 nitrogen and oxygen atoms in total. The van der Waals surface area contributed by atoms with Gasteiger partial charge in [0.15, 0.2) is 5.82 Å². The zero-order chi connectivity index (χ0) is 16.1. The van der Waals surface area contributed by atoms with Crippen molar-refractivity contribution in [3.63, 3.8) is 0 Å². The number of nitrogens with zero attached hydrogens (tertiary/aromatic N) is 3. The predicted molar refractivity (Wildman–Crippen MR) is 90.8 cm³/mol. The highest BCUT2D eigenvalue weighted by atomic mass is 35.5. The standard InChI is InChI=1S/C16H14ClN5O/c1-23-14-7-5-12(6-8-14)20-16-21-15(10-18-22-16)19-13-4-2-3-11(17)9-13/h2-10H,1H3,(H2,19,20,21,22). The topological polar surface area (TPSA) is 72.0 Å². The van der Waals surface area contributed by atoms with E-state index in [4.69, 9.17) is 16.3 Å². The summed E-state index contributed by atoms with van der Waals surface area (Å²) in [6, 6.07) is 14.8. The van der Waals surface area contributed by atoms with E-state index in [0.717, 1.165) is 17.1 Å². The lowest BCUT2D eigenvalue weighted by molar-refractivity contribution is 0.415. The lowest BCUT2D eigenvalue weighted by Gasteiger charge is -2.08. The maximum atomic E-state index is 5.96. The molecule has 1 aromatic heterocycles. The van der Waals surface area contributed by atoms with Crippen LogP contribution in [0.25, 0.3) is 0 Å². The minimum absolute atomic E-state index is 0.391. The second kappa shape index (κ2) is 6.93. The largest absolute Gasteiger partial charge is 0.497 e. The van der Waals surface area contributed by atoms with E-state index < -0.39 is 0 Å². The molecule has 7 heteroatoms. The molecule has 0 fully saturated rings. The van der Waals surface area contributed by atoms with Gasteiger partial charge >= 0.3 is 0 Å². The quantitative estimate of drug-likeness (QED) is 0.737. The first kappa shape index (κ1) is 15.1. The summed E-state index contributed by atoms with van der Waals surface area (Å²) in [5, 5.41) is 14.8. The van der Waals surface area contributed by atoms with Gasteiger partial charge in [-0.05, 0) is 42.5 Å². The van der Waals surface area contributed by atoms with Gasteiger partial charge in [0.25, 0.3) is 0 Å². The highest BCUT2D eigenvalue weighted by Gasteiger charge is 2.03. The van der Waals surface area contributed by atoms with Crippen molar-refractivity contribution in [2.24, 2.45) is 0 Å². The first-order valence-corrected chi connectivity index (χ1v) is 7.24. The minimum Gasteiger partial charge on any atom is -0.497 e. The fourth-order valence-corrected chi connectivity index (χ4v) is 2.12. The van der Waals surface area contributed by atoms with E-state index >= 15 is 0 Å². The van der Waals surface area contributed by atoms with Gasteiger partial charge < -0.3 is 15.4 Å². The Bertz CT molecular complexity index is 794. The van der Waals surface area contributed by atoms with Crippen LogP contribution in [0.4, 0.5) is 23.1 Å². The smallest absolute Gasteiger partial charge is 0.249 e. The van der Waals surface area contributed by atoms with Crippen molar-refractivity contribution in [2.45, 2.75) is 0 Å². The molecule has 0 saturated heterocycles. The molecule has 3 rings (SSSR count). The van der Waals surface area contributed by atoms with Crippen LogP contribution >= 0.6 is 11.6 Å². The number of ether oxygens (including phenoxy) is 1. The van der Waals surface area contributed by atoms with Gasteiger partial charge in [0.1, 0.15) is 5.75 Å². The highest BCUT2D eigenvalue weighted by Crippen LogP contribution is 2.20. The number of nitrogens with one attached hydrogen (secondary N) is 2. The van der Waals surface area contributed by atoms with Crippen LogP contribution in [0, 0.1) is 0 Å². The SMILES string of the molecule is COc1ccc(Nc2nncc(Nc3cccc(Cl)c3)n2)cc1. The first-order chi connectivity index (χ1) is 11.2. The molecule has 0 aliphatic rings. The molecular formula is C16H14ClN5O. The van der Waals surface area contributed by atoms with Crippen LogP contribution in [0.2, 0.25) is 5.02 Å². The van der Waals surface area contributed by atoms with E-state index in [1.807, 2.05) is 42.5 Å². The van der Waals surface area contributed by atoms with Gasteiger partial charge in [-0.3, -0.25) is 0 Å². The molecule has 0 spiro atoms. The maximum absolute atomic E-state index is 5.96. The first-order valence-electron chi connectivity index (χ1n) is 6.86. The second-order valence-electron chi connectivity index (χ2n) is 4.65. The van der Waals surface area contributed by atoms with Crippen molar-refractivity contribution in [3.8, 4) is 5.75 Å². The van der Waals surface area contributed by atoms with Gasteiger partial charge in [-0.2, -0.15) is 10.1 Å². The Morgan fingerprint density at radius 3 is 2.57 bits per heavy atom. The molecule has 0 atom stereocenters. The molecule has 2 N–H and O–H groups in total. The molecule has 0 unspecified atom stereocenters. The number of halogens is 1. The van der Waals surface area contributed by atoms with Gasteiger partial charge in [0.05, 0.1) is 13.3 Å². The van der Waals surface area contributed by atoms with Crippen molar-refractivity contribution < 1.29 is 4.74 Å². The Morgan fingerprint density at radius 2 is 1.83 bits per heavy atom.